The number of aromatic nitrogens is 1. The zero-order chi connectivity index (χ0) is 14.7. The van der Waals surface area contributed by atoms with E-state index in [2.05, 4.69) is 36.1 Å². The molecule has 1 aromatic rings. The number of amidine groups is 1. The summed E-state index contributed by atoms with van der Waals surface area (Å²) >= 11 is 3.10. The van der Waals surface area contributed by atoms with E-state index in [1.165, 1.54) is 25.7 Å². The number of hydrogen-bond donors (Lipinski definition) is 0. The average molecular weight is 348 g/mol. The van der Waals surface area contributed by atoms with Gasteiger partial charge in [-0.25, -0.2) is 0 Å². The van der Waals surface area contributed by atoms with Gasteiger partial charge in [0.05, 0.1) is 0 Å². The summed E-state index contributed by atoms with van der Waals surface area (Å²) in [5.74, 6) is 1.67. The van der Waals surface area contributed by atoms with Crippen LogP contribution in [0.15, 0.2) is 34.6 Å². The number of nitrogens with zero attached hydrogens (tertiary/aromatic N) is 4. The van der Waals surface area contributed by atoms with Gasteiger partial charge in [0, 0.05) is 0 Å². The van der Waals surface area contributed by atoms with Gasteiger partial charge in [0.1, 0.15) is 0 Å². The quantitative estimate of drug-likeness (QED) is 0.357. The third-order valence-corrected chi connectivity index (χ3v) is 5.23. The number of pyridine rings is 1. The molecule has 1 aromatic heterocycles. The molecule has 4 rings (SSSR count). The summed E-state index contributed by atoms with van der Waals surface area (Å²) in [4.78, 5) is 6.67. The molecule has 0 aromatic carbocycles. The molecule has 1 radical (unpaired) electrons. The van der Waals surface area contributed by atoms with Crippen molar-refractivity contribution in [3.63, 3.8) is 0 Å². The molecule has 0 spiro atoms. The van der Waals surface area contributed by atoms with Gasteiger partial charge in [0.25, 0.3) is 0 Å². The summed E-state index contributed by atoms with van der Waals surface area (Å²) in [5.41, 5.74) is 1.73. The monoisotopic (exact) mass is 349 g/mol. The summed E-state index contributed by atoms with van der Waals surface area (Å²) in [5, 5.41) is 8.74. The second kappa shape index (κ2) is 6.71. The molecule has 21 heavy (non-hydrogen) atoms. The van der Waals surface area contributed by atoms with E-state index in [9.17, 15) is 0 Å². The van der Waals surface area contributed by atoms with Gasteiger partial charge in [-0.15, -0.1) is 0 Å². The van der Waals surface area contributed by atoms with E-state index in [1.807, 2.05) is 25.1 Å². The first kappa shape index (κ1) is 14.7. The van der Waals surface area contributed by atoms with Crippen LogP contribution in [0, 0.1) is 11.8 Å². The fourth-order valence-corrected chi connectivity index (χ4v) is 3.66. The van der Waals surface area contributed by atoms with Crippen molar-refractivity contribution in [2.45, 2.75) is 32.6 Å². The van der Waals surface area contributed by atoms with Gasteiger partial charge in [0.15, 0.2) is 0 Å². The number of hydrogen-bond acceptors (Lipinski definition) is 3. The molecule has 0 atom stereocenters. The summed E-state index contributed by atoms with van der Waals surface area (Å²) < 4.78 is 0.920. The zero-order valence-electron chi connectivity index (χ0n) is 12.4. The zero-order valence-corrected chi connectivity index (χ0v) is 14.1. The molecule has 4 nitrogen and oxygen atoms in total. The normalized spacial score (nSPS) is 26.8. The van der Waals surface area contributed by atoms with Crippen molar-refractivity contribution >= 4 is 26.5 Å². The molecule has 3 fully saturated rings. The van der Waals surface area contributed by atoms with Crippen LogP contribution in [0.4, 0.5) is 0 Å². The Bertz CT molecular complexity index is 518. The van der Waals surface area contributed by atoms with Crippen LogP contribution in [0.2, 0.25) is 0 Å². The molecule has 0 unspecified atom stereocenters. The SMILES string of the molecule is CC(=N/N=C(\[Se])N1CC2CCC(CC2)C1)c1ccccn1. The second-order valence-corrected chi connectivity index (χ2v) is 6.84. The molecular weight excluding hydrogens is 327 g/mol. The van der Waals surface area contributed by atoms with E-state index < -0.39 is 0 Å². The Hall–Kier alpha value is -1.19. The first-order valence-corrected chi connectivity index (χ1v) is 8.53. The van der Waals surface area contributed by atoms with Gasteiger partial charge in [-0.1, -0.05) is 0 Å². The van der Waals surface area contributed by atoms with Crippen LogP contribution >= 0.6 is 0 Å². The Morgan fingerprint density at radius 3 is 2.38 bits per heavy atom. The molecule has 5 heteroatoms. The number of fused-ring (bicyclic) bond motifs is 4. The molecule has 0 N–H and O–H groups in total. The Morgan fingerprint density at radius 2 is 1.81 bits per heavy atom. The van der Waals surface area contributed by atoms with Crippen LogP contribution in [-0.4, -0.2) is 49.4 Å². The van der Waals surface area contributed by atoms with E-state index >= 15 is 0 Å². The van der Waals surface area contributed by atoms with Gasteiger partial charge in [-0.3, -0.25) is 0 Å². The van der Waals surface area contributed by atoms with Crippen LogP contribution < -0.4 is 0 Å². The van der Waals surface area contributed by atoms with Crippen molar-refractivity contribution in [1.82, 2.24) is 9.88 Å². The standard InChI is InChI=1S/C16H21N4Se/c1-12(15-4-2-3-9-17-15)18-19-16(21)20-10-13-5-6-14(11-20)8-7-13/h2-4,9,13-14H,5-8,10-11H2,1H3/b18-12?,19-16-. The third-order valence-electron chi connectivity index (χ3n) is 4.52. The predicted molar refractivity (Wildman–Crippen MR) is 86.7 cm³/mol. The summed E-state index contributed by atoms with van der Waals surface area (Å²) in [6, 6.07) is 5.84. The first-order valence-electron chi connectivity index (χ1n) is 7.68. The maximum absolute atomic E-state index is 4.40. The minimum atomic E-state index is 0.836. The van der Waals surface area contributed by atoms with E-state index in [0.29, 0.717) is 0 Å². The van der Waals surface area contributed by atoms with Crippen molar-refractivity contribution in [1.29, 1.82) is 0 Å². The van der Waals surface area contributed by atoms with Crippen LogP contribution in [0.1, 0.15) is 38.3 Å². The van der Waals surface area contributed by atoms with Gasteiger partial charge in [-0.2, -0.15) is 0 Å². The van der Waals surface area contributed by atoms with Crippen molar-refractivity contribution in [2.75, 3.05) is 13.1 Å². The molecule has 0 amide bonds. The molecule has 2 saturated heterocycles. The van der Waals surface area contributed by atoms with E-state index in [0.717, 1.165) is 41.1 Å². The average Bonchev–Trinajstić information content (AvgIpc) is 2.87. The molecule has 2 bridgehead atoms. The molecule has 3 aliphatic rings. The van der Waals surface area contributed by atoms with E-state index in [1.54, 1.807) is 6.20 Å². The summed E-state index contributed by atoms with van der Waals surface area (Å²) in [6.45, 7) is 4.20. The fourth-order valence-electron chi connectivity index (χ4n) is 3.26. The predicted octanol–water partition coefficient (Wildman–Crippen LogP) is 2.45. The summed E-state index contributed by atoms with van der Waals surface area (Å²) in [7, 11) is 0. The Morgan fingerprint density at radius 1 is 1.14 bits per heavy atom. The second-order valence-electron chi connectivity index (χ2n) is 6.07. The fraction of sp³-hybridized carbons (Fsp3) is 0.562. The van der Waals surface area contributed by atoms with Crippen LogP contribution in [0.5, 0.6) is 0 Å². The van der Waals surface area contributed by atoms with Crippen LogP contribution in [0.3, 0.4) is 0 Å². The minimum absolute atomic E-state index is 0.836. The topological polar surface area (TPSA) is 40.9 Å². The van der Waals surface area contributed by atoms with Crippen molar-refractivity contribution in [2.24, 2.45) is 22.0 Å². The van der Waals surface area contributed by atoms with Crippen LogP contribution in [-0.2, 0) is 0 Å². The van der Waals surface area contributed by atoms with Gasteiger partial charge in [-0.05, 0) is 0 Å². The summed E-state index contributed by atoms with van der Waals surface area (Å²) in [6.07, 6.45) is 7.30. The van der Waals surface area contributed by atoms with E-state index in [4.69, 9.17) is 0 Å². The van der Waals surface area contributed by atoms with Crippen molar-refractivity contribution < 1.29 is 0 Å². The Labute approximate surface area is 134 Å². The maximum atomic E-state index is 4.40. The van der Waals surface area contributed by atoms with Gasteiger partial charge >= 0.3 is 134 Å². The molecule has 1 saturated carbocycles. The molecule has 2 aliphatic heterocycles. The van der Waals surface area contributed by atoms with E-state index in [-0.39, 0.29) is 0 Å². The Kier molecular flexibility index (Phi) is 4.71. The Balaban J connectivity index is 1.71. The van der Waals surface area contributed by atoms with Crippen LogP contribution in [0.25, 0.3) is 0 Å². The number of rotatable bonds is 2. The van der Waals surface area contributed by atoms with Gasteiger partial charge in [0.2, 0.25) is 0 Å². The molecular formula is C16H21N4Se. The molecule has 3 heterocycles. The van der Waals surface area contributed by atoms with Gasteiger partial charge < -0.3 is 0 Å². The van der Waals surface area contributed by atoms with Crippen molar-refractivity contribution in [3.8, 4) is 0 Å². The molecule has 111 valence electrons. The molecule has 1 aliphatic carbocycles. The first-order chi connectivity index (χ1) is 10.2. The van der Waals surface area contributed by atoms with Crippen molar-refractivity contribution in [3.05, 3.63) is 30.1 Å². The third kappa shape index (κ3) is 3.72.